The molecule has 2 saturated carbocycles. The van der Waals surface area contributed by atoms with Crippen LogP contribution in [0.4, 0.5) is 0 Å². The first-order valence-electron chi connectivity index (χ1n) is 8.21. The topological polar surface area (TPSA) is 12.0 Å². The summed E-state index contributed by atoms with van der Waals surface area (Å²) in [5.41, 5.74) is 0. The minimum Gasteiger partial charge on any atom is -0.314 e. The summed E-state index contributed by atoms with van der Waals surface area (Å²) in [4.78, 5) is 0. The minimum atomic E-state index is 0.844. The van der Waals surface area contributed by atoms with Crippen molar-refractivity contribution < 1.29 is 0 Å². The lowest BCUT2D eigenvalue weighted by Gasteiger charge is -2.21. The fraction of sp³-hybridized carbons (Fsp3) is 1.00. The van der Waals surface area contributed by atoms with Crippen LogP contribution in [-0.2, 0) is 0 Å². The lowest BCUT2D eigenvalue weighted by atomic mass is 10.0. The minimum absolute atomic E-state index is 0.844. The molecule has 2 rings (SSSR count). The van der Waals surface area contributed by atoms with Crippen molar-refractivity contribution in [1.82, 2.24) is 5.32 Å². The van der Waals surface area contributed by atoms with E-state index in [0.717, 1.165) is 17.9 Å². The fourth-order valence-corrected chi connectivity index (χ4v) is 4.95. The molecule has 0 amide bonds. The van der Waals surface area contributed by atoms with Crippen LogP contribution in [0.25, 0.3) is 0 Å². The van der Waals surface area contributed by atoms with Crippen LogP contribution in [0.5, 0.6) is 0 Å². The maximum absolute atomic E-state index is 3.75. The quantitative estimate of drug-likeness (QED) is 0.653. The molecule has 2 aliphatic carbocycles. The Kier molecular flexibility index (Phi) is 6.93. The molecule has 1 nitrogen and oxygen atoms in total. The molecule has 0 aliphatic heterocycles. The van der Waals surface area contributed by atoms with Crippen molar-refractivity contribution in [3.05, 3.63) is 0 Å². The van der Waals surface area contributed by atoms with E-state index < -0.39 is 0 Å². The Hall–Kier alpha value is 0.310. The third-order valence-electron chi connectivity index (χ3n) is 4.78. The van der Waals surface area contributed by atoms with E-state index in [2.05, 4.69) is 24.0 Å². The van der Waals surface area contributed by atoms with E-state index in [-0.39, 0.29) is 0 Å². The number of thioether (sulfide) groups is 1. The molecule has 0 spiro atoms. The van der Waals surface area contributed by atoms with Gasteiger partial charge in [-0.1, -0.05) is 26.2 Å². The molecule has 0 radical (unpaired) electrons. The summed E-state index contributed by atoms with van der Waals surface area (Å²) in [6.45, 7) is 3.49. The zero-order valence-corrected chi connectivity index (χ0v) is 12.9. The monoisotopic (exact) mass is 269 g/mol. The molecule has 0 bridgehead atoms. The Morgan fingerprint density at radius 3 is 2.67 bits per heavy atom. The SMILES string of the molecule is CCCNC1CCCC1CCSCC1CCCC1. The molecule has 0 aromatic heterocycles. The Bertz CT molecular complexity index is 213. The van der Waals surface area contributed by atoms with E-state index in [0.29, 0.717) is 0 Å². The summed E-state index contributed by atoms with van der Waals surface area (Å²) in [6.07, 6.45) is 13.1. The molecule has 0 aromatic rings. The smallest absolute Gasteiger partial charge is 0.00956 e. The lowest BCUT2D eigenvalue weighted by Crippen LogP contribution is -2.33. The van der Waals surface area contributed by atoms with E-state index in [1.165, 1.54) is 75.8 Å². The van der Waals surface area contributed by atoms with Crippen molar-refractivity contribution in [3.8, 4) is 0 Å². The first-order valence-corrected chi connectivity index (χ1v) is 9.36. The van der Waals surface area contributed by atoms with Gasteiger partial charge in [0.15, 0.2) is 0 Å². The van der Waals surface area contributed by atoms with E-state index >= 15 is 0 Å². The second kappa shape index (κ2) is 8.47. The Morgan fingerprint density at radius 1 is 1.06 bits per heavy atom. The highest BCUT2D eigenvalue weighted by Gasteiger charge is 2.26. The number of rotatable bonds is 8. The maximum Gasteiger partial charge on any atom is 0.00956 e. The summed E-state index contributed by atoms with van der Waals surface area (Å²) >= 11 is 2.24. The van der Waals surface area contributed by atoms with Crippen molar-refractivity contribution in [2.24, 2.45) is 11.8 Å². The van der Waals surface area contributed by atoms with Gasteiger partial charge in [0.2, 0.25) is 0 Å². The average Bonchev–Trinajstić information content (AvgIpc) is 3.03. The highest BCUT2D eigenvalue weighted by molar-refractivity contribution is 7.99. The summed E-state index contributed by atoms with van der Waals surface area (Å²) < 4.78 is 0. The van der Waals surface area contributed by atoms with Gasteiger partial charge in [0.25, 0.3) is 0 Å². The van der Waals surface area contributed by atoms with Gasteiger partial charge in [0.1, 0.15) is 0 Å². The Labute approximate surface area is 118 Å². The van der Waals surface area contributed by atoms with Gasteiger partial charge in [0, 0.05) is 6.04 Å². The van der Waals surface area contributed by atoms with Crippen LogP contribution < -0.4 is 5.32 Å². The predicted octanol–water partition coefficient (Wildman–Crippen LogP) is 4.47. The third-order valence-corrected chi connectivity index (χ3v) is 6.01. The summed E-state index contributed by atoms with van der Waals surface area (Å²) in [5, 5.41) is 3.75. The highest BCUT2D eigenvalue weighted by Crippen LogP contribution is 2.31. The van der Waals surface area contributed by atoms with Crippen LogP contribution in [0.3, 0.4) is 0 Å². The molecule has 2 fully saturated rings. The molecule has 18 heavy (non-hydrogen) atoms. The van der Waals surface area contributed by atoms with Crippen LogP contribution in [0.2, 0.25) is 0 Å². The molecule has 2 atom stereocenters. The molecule has 106 valence electrons. The predicted molar refractivity (Wildman–Crippen MR) is 83.3 cm³/mol. The van der Waals surface area contributed by atoms with E-state index in [4.69, 9.17) is 0 Å². The van der Waals surface area contributed by atoms with Crippen LogP contribution in [-0.4, -0.2) is 24.1 Å². The molecule has 2 unspecified atom stereocenters. The van der Waals surface area contributed by atoms with Crippen LogP contribution >= 0.6 is 11.8 Å². The van der Waals surface area contributed by atoms with Gasteiger partial charge in [-0.3, -0.25) is 0 Å². The second-order valence-corrected chi connectivity index (χ2v) is 7.42. The van der Waals surface area contributed by atoms with Gasteiger partial charge in [0.05, 0.1) is 0 Å². The number of nitrogens with one attached hydrogen (secondary N) is 1. The van der Waals surface area contributed by atoms with Crippen molar-refractivity contribution in [2.45, 2.75) is 70.8 Å². The van der Waals surface area contributed by atoms with Gasteiger partial charge in [-0.05, 0) is 68.4 Å². The molecule has 0 saturated heterocycles. The van der Waals surface area contributed by atoms with E-state index in [1.54, 1.807) is 0 Å². The van der Waals surface area contributed by atoms with Crippen LogP contribution in [0, 0.1) is 11.8 Å². The molecule has 0 heterocycles. The first-order chi connectivity index (χ1) is 8.90. The average molecular weight is 269 g/mol. The van der Waals surface area contributed by atoms with Crippen molar-refractivity contribution >= 4 is 11.8 Å². The zero-order valence-electron chi connectivity index (χ0n) is 12.1. The molecular weight excluding hydrogens is 238 g/mol. The van der Waals surface area contributed by atoms with Crippen molar-refractivity contribution in [2.75, 3.05) is 18.1 Å². The Balaban J connectivity index is 1.54. The van der Waals surface area contributed by atoms with Gasteiger partial charge in [-0.25, -0.2) is 0 Å². The third kappa shape index (κ3) is 4.77. The van der Waals surface area contributed by atoms with Gasteiger partial charge < -0.3 is 5.32 Å². The maximum atomic E-state index is 3.75. The molecule has 1 N–H and O–H groups in total. The van der Waals surface area contributed by atoms with Crippen molar-refractivity contribution in [1.29, 1.82) is 0 Å². The van der Waals surface area contributed by atoms with Gasteiger partial charge >= 0.3 is 0 Å². The summed E-state index contributed by atoms with van der Waals surface area (Å²) in [7, 11) is 0. The van der Waals surface area contributed by atoms with Gasteiger partial charge in [-0.2, -0.15) is 11.8 Å². The lowest BCUT2D eigenvalue weighted by molar-refractivity contribution is 0.393. The summed E-state index contributed by atoms with van der Waals surface area (Å²) in [5.74, 6) is 4.89. The van der Waals surface area contributed by atoms with Gasteiger partial charge in [-0.15, -0.1) is 0 Å². The summed E-state index contributed by atoms with van der Waals surface area (Å²) in [6, 6.07) is 0.844. The van der Waals surface area contributed by atoms with Crippen LogP contribution in [0.1, 0.15) is 64.7 Å². The first kappa shape index (κ1) is 14.7. The normalized spacial score (nSPS) is 29.2. The zero-order chi connectivity index (χ0) is 12.6. The molecule has 2 aliphatic rings. The number of hydrogen-bond acceptors (Lipinski definition) is 2. The van der Waals surface area contributed by atoms with Crippen LogP contribution in [0.15, 0.2) is 0 Å². The largest absolute Gasteiger partial charge is 0.314 e. The fourth-order valence-electron chi connectivity index (χ4n) is 3.64. The molecule has 0 aromatic carbocycles. The van der Waals surface area contributed by atoms with E-state index in [9.17, 15) is 0 Å². The highest BCUT2D eigenvalue weighted by atomic mass is 32.2. The molecular formula is C16H31NS. The second-order valence-electron chi connectivity index (χ2n) is 6.27. The molecule has 2 heteroatoms. The standard InChI is InChI=1S/C16H31NS/c1-2-11-17-16-9-5-8-15(16)10-12-18-13-14-6-3-4-7-14/h14-17H,2-13H2,1H3. The Morgan fingerprint density at radius 2 is 1.89 bits per heavy atom. The number of hydrogen-bond donors (Lipinski definition) is 1. The van der Waals surface area contributed by atoms with Crippen molar-refractivity contribution in [3.63, 3.8) is 0 Å². The van der Waals surface area contributed by atoms with E-state index in [1.807, 2.05) is 0 Å².